The van der Waals surface area contributed by atoms with Gasteiger partial charge in [0, 0.05) is 11.1 Å². The summed E-state index contributed by atoms with van der Waals surface area (Å²) < 4.78 is 6.04. The minimum absolute atomic E-state index is 0.125. The summed E-state index contributed by atoms with van der Waals surface area (Å²) in [5.41, 5.74) is 2.72. The molecular weight excluding hydrogens is 394 g/mol. The fourth-order valence-corrected chi connectivity index (χ4v) is 7.16. The lowest BCUT2D eigenvalue weighted by molar-refractivity contribution is -0.122. The van der Waals surface area contributed by atoms with Crippen LogP contribution in [0.4, 0.5) is 5.69 Å². The molecular formula is C29H31NO2. The number of benzene rings is 3. The van der Waals surface area contributed by atoms with E-state index in [-0.39, 0.29) is 5.91 Å². The molecule has 0 heterocycles. The molecule has 3 aromatic carbocycles. The zero-order chi connectivity index (χ0) is 21.7. The molecule has 4 bridgehead atoms. The van der Waals surface area contributed by atoms with Crippen molar-refractivity contribution in [3.8, 4) is 5.75 Å². The highest BCUT2D eigenvalue weighted by Gasteiger charge is 2.51. The van der Waals surface area contributed by atoms with E-state index in [1.807, 2.05) is 30.3 Å². The monoisotopic (exact) mass is 425 g/mol. The summed E-state index contributed by atoms with van der Waals surface area (Å²) >= 11 is 0. The Morgan fingerprint density at radius 1 is 0.875 bits per heavy atom. The summed E-state index contributed by atoms with van der Waals surface area (Å²) in [6.07, 6.45) is 7.89. The minimum atomic E-state index is -0.580. The molecule has 3 aromatic rings. The number of hydrogen-bond acceptors (Lipinski definition) is 2. The molecule has 0 aromatic heterocycles. The Morgan fingerprint density at radius 3 is 2.19 bits per heavy atom. The number of fused-ring (bicyclic) bond motifs is 1. The van der Waals surface area contributed by atoms with Crippen molar-refractivity contribution in [1.29, 1.82) is 0 Å². The van der Waals surface area contributed by atoms with Gasteiger partial charge in [0.05, 0.1) is 0 Å². The van der Waals surface area contributed by atoms with Gasteiger partial charge in [0.15, 0.2) is 6.10 Å². The van der Waals surface area contributed by atoms with Crippen molar-refractivity contribution in [1.82, 2.24) is 0 Å². The molecule has 164 valence electrons. The number of amides is 1. The maximum Gasteiger partial charge on any atom is 0.265 e. The van der Waals surface area contributed by atoms with Gasteiger partial charge in [0.1, 0.15) is 5.75 Å². The first-order valence-electron chi connectivity index (χ1n) is 12.1. The fourth-order valence-electron chi connectivity index (χ4n) is 7.16. The molecule has 3 nitrogen and oxygen atoms in total. The fraction of sp³-hybridized carbons (Fsp3) is 0.414. The minimum Gasteiger partial charge on any atom is -0.480 e. The summed E-state index contributed by atoms with van der Waals surface area (Å²) in [4.78, 5) is 12.8. The third-order valence-corrected chi connectivity index (χ3v) is 8.23. The van der Waals surface area contributed by atoms with Gasteiger partial charge in [0.25, 0.3) is 5.91 Å². The number of rotatable bonds is 5. The molecule has 0 radical (unpaired) electrons. The van der Waals surface area contributed by atoms with Crippen LogP contribution in [0.2, 0.25) is 0 Å². The normalized spacial score (nSPS) is 29.1. The molecule has 7 rings (SSSR count). The van der Waals surface area contributed by atoms with Crippen LogP contribution in [0.5, 0.6) is 5.75 Å². The van der Waals surface area contributed by atoms with Crippen LogP contribution in [0.15, 0.2) is 66.7 Å². The van der Waals surface area contributed by atoms with Gasteiger partial charge < -0.3 is 10.1 Å². The van der Waals surface area contributed by atoms with Crippen molar-refractivity contribution in [2.75, 3.05) is 5.32 Å². The molecule has 0 spiro atoms. The van der Waals surface area contributed by atoms with Crippen LogP contribution in [0.3, 0.4) is 0 Å². The molecule has 1 N–H and O–H groups in total. The van der Waals surface area contributed by atoms with E-state index < -0.39 is 6.10 Å². The number of carbonyl (C=O) groups is 1. The molecule has 1 unspecified atom stereocenters. The summed E-state index contributed by atoms with van der Waals surface area (Å²) in [5.74, 6) is 3.43. The Bertz CT molecular complexity index is 1110. The van der Waals surface area contributed by atoms with E-state index in [2.05, 4.69) is 41.7 Å². The summed E-state index contributed by atoms with van der Waals surface area (Å²) in [6.45, 7) is 1.81. The largest absolute Gasteiger partial charge is 0.480 e. The molecule has 1 amide bonds. The van der Waals surface area contributed by atoms with E-state index in [9.17, 15) is 4.79 Å². The first-order valence-corrected chi connectivity index (χ1v) is 12.1. The van der Waals surface area contributed by atoms with E-state index in [4.69, 9.17) is 4.74 Å². The predicted molar refractivity (Wildman–Crippen MR) is 129 cm³/mol. The number of hydrogen-bond donors (Lipinski definition) is 1. The van der Waals surface area contributed by atoms with Crippen molar-refractivity contribution < 1.29 is 9.53 Å². The Labute approximate surface area is 190 Å². The first kappa shape index (κ1) is 19.8. The highest BCUT2D eigenvalue weighted by molar-refractivity contribution is 5.95. The molecule has 0 saturated heterocycles. The smallest absolute Gasteiger partial charge is 0.265 e. The second-order valence-electron chi connectivity index (χ2n) is 10.5. The van der Waals surface area contributed by atoms with Crippen LogP contribution in [-0.4, -0.2) is 12.0 Å². The third-order valence-electron chi connectivity index (χ3n) is 8.23. The average Bonchev–Trinajstić information content (AvgIpc) is 2.79. The molecule has 32 heavy (non-hydrogen) atoms. The van der Waals surface area contributed by atoms with Gasteiger partial charge in [0.2, 0.25) is 0 Å². The lowest BCUT2D eigenvalue weighted by atomic mass is 9.48. The van der Waals surface area contributed by atoms with E-state index in [1.54, 1.807) is 6.92 Å². The topological polar surface area (TPSA) is 38.3 Å². The zero-order valence-corrected chi connectivity index (χ0v) is 18.7. The quantitative estimate of drug-likeness (QED) is 0.493. The van der Waals surface area contributed by atoms with Crippen LogP contribution in [0.25, 0.3) is 10.8 Å². The van der Waals surface area contributed by atoms with Crippen molar-refractivity contribution in [3.63, 3.8) is 0 Å². The maximum atomic E-state index is 12.8. The number of ether oxygens (including phenoxy) is 1. The van der Waals surface area contributed by atoms with Crippen LogP contribution in [-0.2, 0) is 10.2 Å². The molecule has 1 atom stereocenters. The van der Waals surface area contributed by atoms with Crippen molar-refractivity contribution in [2.24, 2.45) is 17.8 Å². The molecule has 4 aliphatic carbocycles. The Kier molecular flexibility index (Phi) is 4.74. The Morgan fingerprint density at radius 2 is 1.50 bits per heavy atom. The average molecular weight is 426 g/mol. The van der Waals surface area contributed by atoms with E-state index >= 15 is 0 Å². The van der Waals surface area contributed by atoms with Crippen molar-refractivity contribution in [3.05, 3.63) is 72.3 Å². The number of carbonyl (C=O) groups excluding carboxylic acids is 1. The lowest BCUT2D eigenvalue weighted by Gasteiger charge is -2.57. The number of anilines is 1. The second-order valence-corrected chi connectivity index (χ2v) is 10.5. The summed E-state index contributed by atoms with van der Waals surface area (Å²) in [7, 11) is 0. The number of nitrogens with one attached hydrogen (secondary N) is 1. The van der Waals surface area contributed by atoms with Crippen molar-refractivity contribution in [2.45, 2.75) is 57.0 Å². The highest BCUT2D eigenvalue weighted by atomic mass is 16.5. The maximum absolute atomic E-state index is 12.8. The van der Waals surface area contributed by atoms with Gasteiger partial charge >= 0.3 is 0 Å². The van der Waals surface area contributed by atoms with Crippen LogP contribution >= 0.6 is 0 Å². The van der Waals surface area contributed by atoms with Crippen molar-refractivity contribution >= 4 is 22.4 Å². The van der Waals surface area contributed by atoms with Gasteiger partial charge in [-0.2, -0.15) is 0 Å². The van der Waals surface area contributed by atoms with Gasteiger partial charge in [-0.15, -0.1) is 0 Å². The zero-order valence-electron chi connectivity index (χ0n) is 18.7. The first-order chi connectivity index (χ1) is 15.6. The van der Waals surface area contributed by atoms with Crippen LogP contribution in [0, 0.1) is 17.8 Å². The Balaban J connectivity index is 1.14. The van der Waals surface area contributed by atoms with E-state index in [0.717, 1.165) is 40.0 Å². The van der Waals surface area contributed by atoms with Gasteiger partial charge in [-0.25, -0.2) is 0 Å². The molecule has 4 saturated carbocycles. The molecule has 4 fully saturated rings. The van der Waals surface area contributed by atoms with E-state index in [0.29, 0.717) is 5.41 Å². The van der Waals surface area contributed by atoms with Crippen LogP contribution in [0.1, 0.15) is 51.0 Å². The molecule has 4 aliphatic rings. The van der Waals surface area contributed by atoms with Crippen LogP contribution < -0.4 is 10.1 Å². The van der Waals surface area contributed by atoms with Gasteiger partial charge in [-0.3, -0.25) is 4.79 Å². The van der Waals surface area contributed by atoms with Gasteiger partial charge in [-0.1, -0.05) is 48.5 Å². The Hall–Kier alpha value is -2.81. The second kappa shape index (κ2) is 7.65. The summed E-state index contributed by atoms with van der Waals surface area (Å²) in [6, 6.07) is 22.7. The standard InChI is InChI=1S/C29H31NO2/c1-19(32-27-8-4-6-23-5-2-3-7-26(23)27)28(31)30-25-11-9-24(10-12-25)29-16-20-13-21(17-29)15-22(14-20)18-29/h2-12,19-22H,13-18H2,1H3,(H,30,31). The van der Waals surface area contributed by atoms with Gasteiger partial charge in [-0.05, 0) is 97.8 Å². The SMILES string of the molecule is CC(Oc1cccc2ccccc12)C(=O)Nc1ccc(C23CC4CC(CC(C4)C2)C3)cc1. The summed E-state index contributed by atoms with van der Waals surface area (Å²) in [5, 5.41) is 5.18. The molecule has 3 heteroatoms. The third kappa shape index (κ3) is 3.48. The lowest BCUT2D eigenvalue weighted by Crippen LogP contribution is -2.48. The predicted octanol–water partition coefficient (Wildman–Crippen LogP) is 6.71. The van der Waals surface area contributed by atoms with E-state index in [1.165, 1.54) is 44.1 Å². The highest BCUT2D eigenvalue weighted by Crippen LogP contribution is 2.60. The molecule has 0 aliphatic heterocycles.